The van der Waals surface area contributed by atoms with E-state index in [9.17, 15) is 0 Å². The molecule has 3 aliphatic rings. The summed E-state index contributed by atoms with van der Waals surface area (Å²) in [4.78, 5) is 21.4. The SMILES string of the molecule is Cc1nc(N2CCC3(CC2)Cc2cccnc2C3)n2ccnc2c1-c1ccnc(NC2CC2)c1Cl. The second-order valence-corrected chi connectivity index (χ2v) is 10.8. The molecule has 2 aliphatic carbocycles. The number of aryl methyl sites for hydroxylation is 1. The van der Waals surface area contributed by atoms with Gasteiger partial charge in [-0.25, -0.2) is 15.0 Å². The average Bonchev–Trinajstić information content (AvgIpc) is 3.41. The molecule has 0 amide bonds. The van der Waals surface area contributed by atoms with Gasteiger partial charge in [0.05, 0.1) is 10.7 Å². The molecule has 4 aromatic heterocycles. The fourth-order valence-corrected chi connectivity index (χ4v) is 6.18. The van der Waals surface area contributed by atoms with Gasteiger partial charge in [-0.15, -0.1) is 0 Å². The number of aromatic nitrogens is 5. The third kappa shape index (κ3) is 3.56. The molecule has 35 heavy (non-hydrogen) atoms. The van der Waals surface area contributed by atoms with Gasteiger partial charge in [0.25, 0.3) is 0 Å². The molecule has 0 bridgehead atoms. The van der Waals surface area contributed by atoms with Crippen LogP contribution in [0.2, 0.25) is 5.02 Å². The van der Waals surface area contributed by atoms with Gasteiger partial charge in [0.2, 0.25) is 5.95 Å². The maximum atomic E-state index is 6.85. The average molecular weight is 486 g/mol. The van der Waals surface area contributed by atoms with E-state index < -0.39 is 0 Å². The minimum absolute atomic E-state index is 0.339. The summed E-state index contributed by atoms with van der Waals surface area (Å²) in [5.74, 6) is 1.71. The summed E-state index contributed by atoms with van der Waals surface area (Å²) in [5, 5.41) is 4.08. The standard InChI is InChI=1S/C27H28ClN7/c1-17-22(20-6-10-30-24(23(20)28)33-19-4-5-19)25-31-11-14-35(25)26(32-17)34-12-7-27(8-13-34)15-18-3-2-9-29-21(18)16-27/h2-3,6,9-11,14,19H,4-5,7-8,12-13,15-16H2,1H3,(H,30,33). The zero-order valence-corrected chi connectivity index (χ0v) is 20.6. The van der Waals surface area contributed by atoms with E-state index >= 15 is 0 Å². The van der Waals surface area contributed by atoms with Crippen molar-refractivity contribution in [3.8, 4) is 11.1 Å². The minimum atomic E-state index is 0.339. The normalized spacial score (nSPS) is 18.9. The molecular formula is C27H28ClN7. The number of halogens is 1. The van der Waals surface area contributed by atoms with Gasteiger partial charge in [-0.05, 0) is 68.6 Å². The van der Waals surface area contributed by atoms with E-state index in [0.29, 0.717) is 16.5 Å². The Morgan fingerprint density at radius 3 is 2.69 bits per heavy atom. The van der Waals surface area contributed by atoms with Crippen LogP contribution in [0.5, 0.6) is 0 Å². The number of anilines is 2. The van der Waals surface area contributed by atoms with E-state index in [0.717, 1.165) is 73.0 Å². The number of pyridine rings is 2. The van der Waals surface area contributed by atoms with Crippen LogP contribution in [0.25, 0.3) is 16.8 Å². The second-order valence-electron chi connectivity index (χ2n) is 10.4. The summed E-state index contributed by atoms with van der Waals surface area (Å²) in [6, 6.07) is 6.76. The molecule has 7 rings (SSSR count). The van der Waals surface area contributed by atoms with Gasteiger partial charge in [-0.2, -0.15) is 0 Å². The minimum Gasteiger partial charge on any atom is -0.366 e. The van der Waals surface area contributed by atoms with Gasteiger partial charge < -0.3 is 10.2 Å². The fourth-order valence-electron chi connectivity index (χ4n) is 5.92. The zero-order chi connectivity index (χ0) is 23.6. The number of nitrogens with zero attached hydrogens (tertiary/aromatic N) is 6. The first kappa shape index (κ1) is 21.1. The van der Waals surface area contributed by atoms with Crippen LogP contribution >= 0.6 is 11.6 Å². The van der Waals surface area contributed by atoms with Crippen LogP contribution in [0, 0.1) is 12.3 Å². The van der Waals surface area contributed by atoms with Crippen molar-refractivity contribution in [3.63, 3.8) is 0 Å². The van der Waals surface area contributed by atoms with E-state index in [2.05, 4.69) is 43.6 Å². The lowest BCUT2D eigenvalue weighted by Gasteiger charge is -2.40. The first-order valence-corrected chi connectivity index (χ1v) is 12.9. The van der Waals surface area contributed by atoms with Crippen molar-refractivity contribution in [1.29, 1.82) is 0 Å². The molecular weight excluding hydrogens is 458 g/mol. The van der Waals surface area contributed by atoms with Gasteiger partial charge in [0, 0.05) is 60.7 Å². The topological polar surface area (TPSA) is 71.2 Å². The Kier molecular flexibility index (Phi) is 4.78. The van der Waals surface area contributed by atoms with Crippen LogP contribution in [0.3, 0.4) is 0 Å². The summed E-state index contributed by atoms with van der Waals surface area (Å²) in [7, 11) is 0. The summed E-state index contributed by atoms with van der Waals surface area (Å²) < 4.78 is 2.12. The van der Waals surface area contributed by atoms with Crippen molar-refractivity contribution in [2.45, 2.75) is 51.5 Å². The van der Waals surface area contributed by atoms with E-state index in [-0.39, 0.29) is 0 Å². The number of rotatable bonds is 4. The fraction of sp³-hybridized carbons (Fsp3) is 0.407. The molecule has 1 aliphatic heterocycles. The molecule has 8 heteroatoms. The number of hydrogen-bond acceptors (Lipinski definition) is 6. The Balaban J connectivity index is 1.20. The van der Waals surface area contributed by atoms with Crippen molar-refractivity contribution < 1.29 is 0 Å². The maximum absolute atomic E-state index is 6.85. The molecule has 1 saturated heterocycles. The van der Waals surface area contributed by atoms with E-state index in [1.165, 1.54) is 24.1 Å². The molecule has 1 spiro atoms. The summed E-state index contributed by atoms with van der Waals surface area (Å²) in [5.41, 5.74) is 6.77. The number of nitrogens with one attached hydrogen (secondary N) is 1. The summed E-state index contributed by atoms with van der Waals surface area (Å²) in [6.07, 6.45) is 14.5. The van der Waals surface area contributed by atoms with Crippen LogP contribution in [0.1, 0.15) is 42.6 Å². The molecule has 2 fully saturated rings. The van der Waals surface area contributed by atoms with Crippen LogP contribution in [-0.2, 0) is 12.8 Å². The molecule has 7 nitrogen and oxygen atoms in total. The molecule has 4 aromatic rings. The number of piperidine rings is 1. The first-order chi connectivity index (χ1) is 17.1. The smallest absolute Gasteiger partial charge is 0.211 e. The third-order valence-electron chi connectivity index (χ3n) is 7.99. The van der Waals surface area contributed by atoms with Crippen LogP contribution < -0.4 is 10.2 Å². The first-order valence-electron chi connectivity index (χ1n) is 12.5. The van der Waals surface area contributed by atoms with Crippen molar-refractivity contribution >= 4 is 29.0 Å². The largest absolute Gasteiger partial charge is 0.366 e. The highest BCUT2D eigenvalue weighted by molar-refractivity contribution is 6.36. The van der Waals surface area contributed by atoms with Crippen molar-refractivity contribution in [1.82, 2.24) is 24.3 Å². The second kappa shape index (κ2) is 7.92. The molecule has 1 N–H and O–H groups in total. The van der Waals surface area contributed by atoms with Gasteiger partial charge in [-0.3, -0.25) is 9.38 Å². The monoisotopic (exact) mass is 485 g/mol. The molecule has 178 valence electrons. The molecule has 0 aromatic carbocycles. The van der Waals surface area contributed by atoms with Crippen LogP contribution in [0.4, 0.5) is 11.8 Å². The summed E-state index contributed by atoms with van der Waals surface area (Å²) >= 11 is 6.85. The third-order valence-corrected chi connectivity index (χ3v) is 8.37. The molecule has 5 heterocycles. The number of imidazole rings is 1. The highest BCUT2D eigenvalue weighted by atomic mass is 35.5. The highest BCUT2D eigenvalue weighted by Gasteiger charge is 2.41. The number of fused-ring (bicyclic) bond motifs is 2. The van der Waals surface area contributed by atoms with Gasteiger partial charge in [0.15, 0.2) is 0 Å². The molecule has 0 unspecified atom stereocenters. The summed E-state index contributed by atoms with van der Waals surface area (Å²) in [6.45, 7) is 4.03. The van der Waals surface area contributed by atoms with Gasteiger partial charge >= 0.3 is 0 Å². The maximum Gasteiger partial charge on any atom is 0.211 e. The van der Waals surface area contributed by atoms with Crippen molar-refractivity contribution in [3.05, 3.63) is 65.0 Å². The molecule has 0 radical (unpaired) electrons. The van der Waals surface area contributed by atoms with E-state index in [1.54, 1.807) is 0 Å². The Morgan fingerprint density at radius 1 is 1.03 bits per heavy atom. The molecule has 0 atom stereocenters. The van der Waals surface area contributed by atoms with Gasteiger partial charge in [0.1, 0.15) is 11.5 Å². The van der Waals surface area contributed by atoms with Crippen molar-refractivity contribution in [2.75, 3.05) is 23.3 Å². The van der Waals surface area contributed by atoms with Gasteiger partial charge in [-0.1, -0.05) is 17.7 Å². The number of hydrogen-bond donors (Lipinski definition) is 1. The lowest BCUT2D eigenvalue weighted by Crippen LogP contribution is -2.42. The van der Waals surface area contributed by atoms with E-state index in [4.69, 9.17) is 21.6 Å². The Bertz CT molecular complexity index is 1410. The van der Waals surface area contributed by atoms with E-state index in [1.807, 2.05) is 30.9 Å². The predicted octanol–water partition coefficient (Wildman–Crippen LogP) is 5.11. The Morgan fingerprint density at radius 2 is 1.89 bits per heavy atom. The van der Waals surface area contributed by atoms with Crippen LogP contribution in [0.15, 0.2) is 43.0 Å². The van der Waals surface area contributed by atoms with Crippen LogP contribution in [-0.4, -0.2) is 43.5 Å². The predicted molar refractivity (Wildman–Crippen MR) is 138 cm³/mol. The Labute approximate surface area is 209 Å². The zero-order valence-electron chi connectivity index (χ0n) is 19.8. The lowest BCUT2D eigenvalue weighted by molar-refractivity contribution is 0.230. The quantitative estimate of drug-likeness (QED) is 0.433. The Hall–Kier alpha value is -3.19. The molecule has 1 saturated carbocycles. The van der Waals surface area contributed by atoms with Crippen molar-refractivity contribution in [2.24, 2.45) is 5.41 Å². The lowest BCUT2D eigenvalue weighted by atomic mass is 9.76. The highest BCUT2D eigenvalue weighted by Crippen LogP contribution is 2.45.